The highest BCUT2D eigenvalue weighted by Crippen LogP contribution is 2.10. The largest absolute Gasteiger partial charge is 0.491 e. The molecule has 0 aliphatic carbocycles. The smallest absolute Gasteiger partial charge is 0.305 e. The number of hydrogen-bond acceptors (Lipinski definition) is 9. The van der Waals surface area contributed by atoms with Crippen LogP contribution in [0.2, 0.25) is 0 Å². The van der Waals surface area contributed by atoms with Crippen LogP contribution in [0, 0.1) is 0 Å². The molecule has 0 atom stereocenters. The monoisotopic (exact) mass is 458 g/mol. The van der Waals surface area contributed by atoms with Crippen LogP contribution in [0.3, 0.4) is 0 Å². The molecule has 0 saturated carbocycles. The zero-order valence-corrected chi connectivity index (χ0v) is 18.4. The van der Waals surface area contributed by atoms with Crippen molar-refractivity contribution in [1.82, 2.24) is 0 Å². The fraction of sp³-hybridized carbons (Fsp3) is 0.636. The van der Waals surface area contributed by atoms with Crippen molar-refractivity contribution in [3.63, 3.8) is 0 Å². The number of rotatable bonds is 23. The van der Waals surface area contributed by atoms with E-state index in [2.05, 4.69) is 0 Å². The van der Waals surface area contributed by atoms with E-state index in [1.165, 1.54) is 0 Å². The van der Waals surface area contributed by atoms with Gasteiger partial charge in [0.1, 0.15) is 18.6 Å². The Morgan fingerprint density at radius 3 is 1.38 bits per heavy atom. The number of carboxylic acids is 1. The van der Waals surface area contributed by atoms with Gasteiger partial charge in [0.25, 0.3) is 0 Å². The van der Waals surface area contributed by atoms with Crippen LogP contribution in [0.5, 0.6) is 5.75 Å². The van der Waals surface area contributed by atoms with Gasteiger partial charge < -0.3 is 38.3 Å². The second-order valence-electron chi connectivity index (χ2n) is 6.35. The van der Waals surface area contributed by atoms with Gasteiger partial charge >= 0.3 is 5.97 Å². The minimum atomic E-state index is -0.875. The lowest BCUT2D eigenvalue weighted by molar-refractivity contribution is -0.138. The molecule has 32 heavy (non-hydrogen) atoms. The third-order valence-corrected chi connectivity index (χ3v) is 3.83. The van der Waals surface area contributed by atoms with Gasteiger partial charge in [0.05, 0.1) is 85.7 Å². The predicted molar refractivity (Wildman–Crippen MR) is 114 cm³/mol. The predicted octanol–water partition coefficient (Wildman–Crippen LogP) is 1.45. The molecule has 0 radical (unpaired) electrons. The molecule has 0 amide bonds. The Kier molecular flexibility index (Phi) is 18.2. The first kappa shape index (κ1) is 28.0. The van der Waals surface area contributed by atoms with E-state index in [4.69, 9.17) is 38.3 Å². The second-order valence-corrected chi connectivity index (χ2v) is 6.35. The topological polar surface area (TPSA) is 119 Å². The van der Waals surface area contributed by atoms with Crippen molar-refractivity contribution in [1.29, 1.82) is 0 Å². The zero-order chi connectivity index (χ0) is 23.1. The molecular weight excluding hydrogens is 424 g/mol. The molecule has 0 heterocycles. The Bertz CT molecular complexity index is 579. The molecule has 1 N–H and O–H groups in total. The van der Waals surface area contributed by atoms with Crippen molar-refractivity contribution in [3.8, 4) is 5.75 Å². The summed E-state index contributed by atoms with van der Waals surface area (Å²) in [5.41, 5.74) is 0.613. The third-order valence-electron chi connectivity index (χ3n) is 3.83. The summed E-state index contributed by atoms with van der Waals surface area (Å²) in [6.07, 6.45) is 0.789. The number of benzene rings is 1. The number of aliphatic carboxylic acids is 1. The number of carbonyl (C=O) groups excluding carboxylic acids is 1. The van der Waals surface area contributed by atoms with Gasteiger partial charge in [0.2, 0.25) is 0 Å². The van der Waals surface area contributed by atoms with E-state index >= 15 is 0 Å². The van der Waals surface area contributed by atoms with Crippen LogP contribution < -0.4 is 4.74 Å². The lowest BCUT2D eigenvalue weighted by Gasteiger charge is -2.09. The quantitative estimate of drug-likeness (QED) is 0.191. The van der Waals surface area contributed by atoms with E-state index < -0.39 is 5.97 Å². The van der Waals surface area contributed by atoms with Gasteiger partial charge in [-0.15, -0.1) is 0 Å². The first-order valence-corrected chi connectivity index (χ1v) is 10.6. The normalized spacial score (nSPS) is 10.9. The molecule has 1 rings (SSSR count). The molecule has 1 aromatic rings. The van der Waals surface area contributed by atoms with Crippen LogP contribution in [-0.2, 0) is 33.2 Å². The minimum Gasteiger partial charge on any atom is -0.491 e. The first-order chi connectivity index (χ1) is 15.7. The fourth-order valence-corrected chi connectivity index (χ4v) is 2.22. The van der Waals surface area contributed by atoms with Crippen molar-refractivity contribution >= 4 is 12.3 Å². The summed E-state index contributed by atoms with van der Waals surface area (Å²) < 4.78 is 37.5. The number of carboxylic acid groups (broad SMARTS) is 1. The van der Waals surface area contributed by atoms with E-state index in [1.807, 2.05) is 0 Å². The van der Waals surface area contributed by atoms with Crippen LogP contribution in [0.4, 0.5) is 0 Å². The maximum Gasteiger partial charge on any atom is 0.305 e. The molecule has 0 unspecified atom stereocenters. The molecule has 0 fully saturated rings. The summed E-state index contributed by atoms with van der Waals surface area (Å²) in [7, 11) is 0. The third kappa shape index (κ3) is 17.6. The lowest BCUT2D eigenvalue weighted by Crippen LogP contribution is -2.15. The lowest BCUT2D eigenvalue weighted by atomic mass is 10.2. The van der Waals surface area contributed by atoms with Gasteiger partial charge in [0.15, 0.2) is 0 Å². The van der Waals surface area contributed by atoms with Crippen molar-refractivity contribution in [2.24, 2.45) is 0 Å². The fourth-order valence-electron chi connectivity index (χ4n) is 2.22. The van der Waals surface area contributed by atoms with Gasteiger partial charge in [-0.25, -0.2) is 0 Å². The average molecular weight is 459 g/mol. The van der Waals surface area contributed by atoms with E-state index in [1.54, 1.807) is 24.3 Å². The Morgan fingerprint density at radius 2 is 1.00 bits per heavy atom. The number of hydrogen-bond donors (Lipinski definition) is 1. The van der Waals surface area contributed by atoms with Crippen LogP contribution in [0.15, 0.2) is 24.3 Å². The molecule has 182 valence electrons. The van der Waals surface area contributed by atoms with Crippen molar-refractivity contribution in [2.45, 2.75) is 6.42 Å². The Morgan fingerprint density at radius 1 is 0.625 bits per heavy atom. The summed E-state index contributed by atoms with van der Waals surface area (Å²) in [6, 6.07) is 6.90. The summed E-state index contributed by atoms with van der Waals surface area (Å²) >= 11 is 0. The average Bonchev–Trinajstić information content (AvgIpc) is 2.80. The molecule has 10 heteroatoms. The molecule has 0 aliphatic rings. The number of aldehydes is 1. The maximum absolute atomic E-state index is 10.6. The Balaban J connectivity index is 1.71. The van der Waals surface area contributed by atoms with Gasteiger partial charge in [-0.2, -0.15) is 0 Å². The van der Waals surface area contributed by atoms with Crippen molar-refractivity contribution in [3.05, 3.63) is 29.8 Å². The van der Waals surface area contributed by atoms with E-state index in [0.717, 1.165) is 6.29 Å². The standard InChI is InChI=1S/C22H34O10/c23-19-20-1-3-21(4-2-20)32-18-17-31-16-15-30-14-13-29-12-11-28-10-9-27-8-7-26-6-5-22(24)25/h1-4,19H,5-18H2,(H,24,25). The zero-order valence-electron chi connectivity index (χ0n) is 18.4. The molecule has 0 aromatic heterocycles. The highest BCUT2D eigenvalue weighted by molar-refractivity contribution is 5.74. The maximum atomic E-state index is 10.6. The van der Waals surface area contributed by atoms with Crippen molar-refractivity contribution < 1.29 is 47.9 Å². The minimum absolute atomic E-state index is 0.00125. The molecule has 10 nitrogen and oxygen atoms in total. The van der Waals surface area contributed by atoms with E-state index in [0.29, 0.717) is 90.6 Å². The number of ether oxygens (including phenoxy) is 7. The Hall–Kier alpha value is -2.08. The Labute approximate surface area is 188 Å². The van der Waals surface area contributed by atoms with Crippen LogP contribution in [-0.4, -0.2) is 103 Å². The summed E-state index contributed by atoms with van der Waals surface area (Å²) in [6.45, 7) is 5.61. The van der Waals surface area contributed by atoms with Crippen molar-refractivity contribution in [2.75, 3.05) is 85.9 Å². The number of carbonyl (C=O) groups is 2. The summed E-state index contributed by atoms with van der Waals surface area (Å²) in [5, 5.41) is 8.45. The summed E-state index contributed by atoms with van der Waals surface area (Å²) in [4.78, 5) is 20.9. The van der Waals surface area contributed by atoms with E-state index in [9.17, 15) is 9.59 Å². The first-order valence-electron chi connectivity index (χ1n) is 10.6. The second kappa shape index (κ2) is 20.8. The van der Waals surface area contributed by atoms with E-state index in [-0.39, 0.29) is 13.0 Å². The SMILES string of the molecule is O=Cc1ccc(OCCOCCOCCOCCOCCOCCOCCC(=O)O)cc1. The summed E-state index contributed by atoms with van der Waals surface area (Å²) in [5.74, 6) is -0.177. The molecule has 0 bridgehead atoms. The molecular formula is C22H34O10. The molecule has 0 saturated heterocycles. The highest BCUT2D eigenvalue weighted by atomic mass is 16.6. The molecule has 0 spiro atoms. The van der Waals surface area contributed by atoms with Gasteiger partial charge in [-0.1, -0.05) is 0 Å². The molecule has 0 aliphatic heterocycles. The van der Waals surface area contributed by atoms with Gasteiger partial charge in [0, 0.05) is 5.56 Å². The molecule has 1 aromatic carbocycles. The van der Waals surface area contributed by atoms with Gasteiger partial charge in [-0.05, 0) is 24.3 Å². The van der Waals surface area contributed by atoms with Gasteiger partial charge in [-0.3, -0.25) is 9.59 Å². The van der Waals surface area contributed by atoms with Crippen LogP contribution in [0.1, 0.15) is 16.8 Å². The van der Waals surface area contributed by atoms with Crippen LogP contribution >= 0.6 is 0 Å². The van der Waals surface area contributed by atoms with Crippen LogP contribution in [0.25, 0.3) is 0 Å². The highest BCUT2D eigenvalue weighted by Gasteiger charge is 1.97.